The Morgan fingerprint density at radius 1 is 1.14 bits per heavy atom. The second kappa shape index (κ2) is 5.44. The zero-order valence-corrected chi connectivity index (χ0v) is 12.3. The number of anilines is 2. The van der Waals surface area contributed by atoms with Crippen LogP contribution < -0.4 is 9.80 Å². The molecule has 1 aliphatic heterocycles. The van der Waals surface area contributed by atoms with E-state index in [1.807, 2.05) is 23.7 Å². The van der Waals surface area contributed by atoms with Gasteiger partial charge in [0.25, 0.3) is 0 Å². The van der Waals surface area contributed by atoms with Gasteiger partial charge < -0.3 is 14.4 Å². The molecular weight excluding hydrogens is 264 g/mol. The summed E-state index contributed by atoms with van der Waals surface area (Å²) in [5, 5.41) is 17.4. The van der Waals surface area contributed by atoms with Crippen LogP contribution in [0.25, 0.3) is 0 Å². The lowest BCUT2D eigenvalue weighted by Gasteiger charge is -2.37. The molecule has 2 aromatic rings. The maximum absolute atomic E-state index is 9.30. The van der Waals surface area contributed by atoms with E-state index < -0.39 is 0 Å². The minimum absolute atomic E-state index is 0.752. The van der Waals surface area contributed by atoms with Crippen LogP contribution in [0.15, 0.2) is 24.5 Å². The summed E-state index contributed by atoms with van der Waals surface area (Å²) in [5.74, 6) is 0.903. The molecule has 0 aliphatic carbocycles. The van der Waals surface area contributed by atoms with Crippen molar-refractivity contribution < 1.29 is 0 Å². The molecule has 0 saturated carbocycles. The zero-order chi connectivity index (χ0) is 14.8. The van der Waals surface area contributed by atoms with E-state index in [1.165, 1.54) is 0 Å². The third-order valence-electron chi connectivity index (χ3n) is 3.92. The fourth-order valence-corrected chi connectivity index (χ4v) is 2.86. The lowest BCUT2D eigenvalue weighted by atomic mass is 10.1. The van der Waals surface area contributed by atoms with Gasteiger partial charge in [-0.2, -0.15) is 5.26 Å². The average Bonchev–Trinajstić information content (AvgIpc) is 2.93. The third kappa shape index (κ3) is 2.42. The maximum Gasteiger partial charge on any atom is 0.226 e. The monoisotopic (exact) mass is 282 g/mol. The molecule has 1 aromatic heterocycles. The van der Waals surface area contributed by atoms with Gasteiger partial charge in [-0.15, -0.1) is 10.2 Å². The molecule has 2 heterocycles. The molecule has 1 aliphatic rings. The SMILES string of the molecule is Cc1cccc(C#N)c1N1CCN(c2nncn2C)CC1. The van der Waals surface area contributed by atoms with Gasteiger partial charge in [0.05, 0.1) is 11.3 Å². The highest BCUT2D eigenvalue weighted by Gasteiger charge is 2.22. The summed E-state index contributed by atoms with van der Waals surface area (Å²) < 4.78 is 1.93. The maximum atomic E-state index is 9.30. The first-order valence-electron chi connectivity index (χ1n) is 7.04. The van der Waals surface area contributed by atoms with Gasteiger partial charge in [0, 0.05) is 33.2 Å². The van der Waals surface area contributed by atoms with Gasteiger partial charge in [-0.1, -0.05) is 12.1 Å². The number of piperazine rings is 1. The second-order valence-corrected chi connectivity index (χ2v) is 5.30. The number of nitrogens with zero attached hydrogens (tertiary/aromatic N) is 6. The van der Waals surface area contributed by atoms with Gasteiger partial charge in [-0.25, -0.2) is 0 Å². The second-order valence-electron chi connectivity index (χ2n) is 5.30. The number of para-hydroxylation sites is 1. The molecule has 1 saturated heterocycles. The largest absolute Gasteiger partial charge is 0.367 e. The number of hydrogen-bond donors (Lipinski definition) is 0. The molecule has 6 nitrogen and oxygen atoms in total. The molecule has 1 aromatic carbocycles. The molecule has 0 N–H and O–H groups in total. The number of hydrogen-bond acceptors (Lipinski definition) is 5. The van der Waals surface area contributed by atoms with Crippen molar-refractivity contribution in [2.45, 2.75) is 6.92 Å². The molecule has 21 heavy (non-hydrogen) atoms. The van der Waals surface area contributed by atoms with Crippen LogP contribution in [0.2, 0.25) is 0 Å². The summed E-state index contributed by atoms with van der Waals surface area (Å²) in [6.07, 6.45) is 1.72. The van der Waals surface area contributed by atoms with Crippen molar-refractivity contribution in [2.75, 3.05) is 36.0 Å². The van der Waals surface area contributed by atoms with E-state index in [-0.39, 0.29) is 0 Å². The predicted molar refractivity (Wildman–Crippen MR) is 81.3 cm³/mol. The number of aromatic nitrogens is 3. The highest BCUT2D eigenvalue weighted by atomic mass is 15.4. The number of nitriles is 1. The first-order valence-corrected chi connectivity index (χ1v) is 7.04. The predicted octanol–water partition coefficient (Wildman–Crippen LogP) is 1.32. The summed E-state index contributed by atoms with van der Waals surface area (Å²) in [6.45, 7) is 5.58. The summed E-state index contributed by atoms with van der Waals surface area (Å²) in [5.41, 5.74) is 2.97. The first-order chi connectivity index (χ1) is 10.2. The van der Waals surface area contributed by atoms with E-state index in [2.05, 4.69) is 39.1 Å². The zero-order valence-electron chi connectivity index (χ0n) is 12.3. The van der Waals surface area contributed by atoms with Gasteiger partial charge in [0.1, 0.15) is 12.4 Å². The van der Waals surface area contributed by atoms with Crippen molar-refractivity contribution in [3.05, 3.63) is 35.7 Å². The summed E-state index contributed by atoms with van der Waals surface area (Å²) in [6, 6.07) is 8.18. The van der Waals surface area contributed by atoms with Crippen LogP contribution in [-0.4, -0.2) is 40.9 Å². The van der Waals surface area contributed by atoms with Crippen LogP contribution in [0.4, 0.5) is 11.6 Å². The Balaban J connectivity index is 1.78. The van der Waals surface area contributed by atoms with Crippen LogP contribution in [0.3, 0.4) is 0 Å². The van der Waals surface area contributed by atoms with Gasteiger partial charge in [0.15, 0.2) is 0 Å². The summed E-state index contributed by atoms with van der Waals surface area (Å²) >= 11 is 0. The molecule has 108 valence electrons. The third-order valence-corrected chi connectivity index (χ3v) is 3.92. The summed E-state index contributed by atoms with van der Waals surface area (Å²) in [4.78, 5) is 4.52. The van der Waals surface area contributed by atoms with Crippen molar-refractivity contribution in [3.63, 3.8) is 0 Å². The van der Waals surface area contributed by atoms with Crippen molar-refractivity contribution in [2.24, 2.45) is 7.05 Å². The van der Waals surface area contributed by atoms with Crippen LogP contribution in [0.1, 0.15) is 11.1 Å². The molecule has 6 heteroatoms. The molecule has 0 spiro atoms. The van der Waals surface area contributed by atoms with Crippen molar-refractivity contribution in [1.82, 2.24) is 14.8 Å². The van der Waals surface area contributed by atoms with Crippen molar-refractivity contribution in [1.29, 1.82) is 5.26 Å². The van der Waals surface area contributed by atoms with E-state index >= 15 is 0 Å². The van der Waals surface area contributed by atoms with Crippen LogP contribution >= 0.6 is 0 Å². The molecule has 0 unspecified atom stereocenters. The lowest BCUT2D eigenvalue weighted by Crippen LogP contribution is -2.47. The Kier molecular flexibility index (Phi) is 3.48. The Hall–Kier alpha value is -2.55. The van der Waals surface area contributed by atoms with E-state index in [4.69, 9.17) is 0 Å². The van der Waals surface area contributed by atoms with Gasteiger partial charge >= 0.3 is 0 Å². The fourth-order valence-electron chi connectivity index (χ4n) is 2.86. The molecule has 0 atom stereocenters. The molecule has 3 rings (SSSR count). The highest BCUT2D eigenvalue weighted by Crippen LogP contribution is 2.26. The minimum atomic E-state index is 0.752. The highest BCUT2D eigenvalue weighted by molar-refractivity contribution is 5.64. The van der Waals surface area contributed by atoms with Gasteiger partial charge in [-0.3, -0.25) is 0 Å². The molecule has 0 amide bonds. The Bertz CT molecular complexity index is 676. The molecule has 0 bridgehead atoms. The Morgan fingerprint density at radius 3 is 2.48 bits per heavy atom. The van der Waals surface area contributed by atoms with Crippen molar-refractivity contribution >= 4 is 11.6 Å². The normalized spacial score (nSPS) is 15.1. The number of rotatable bonds is 2. The van der Waals surface area contributed by atoms with E-state index in [0.29, 0.717) is 0 Å². The molecular formula is C15H18N6. The summed E-state index contributed by atoms with van der Waals surface area (Å²) in [7, 11) is 1.96. The smallest absolute Gasteiger partial charge is 0.226 e. The minimum Gasteiger partial charge on any atom is -0.367 e. The van der Waals surface area contributed by atoms with Crippen molar-refractivity contribution in [3.8, 4) is 6.07 Å². The van der Waals surface area contributed by atoms with Gasteiger partial charge in [-0.05, 0) is 18.6 Å². The Labute approximate surface area is 124 Å². The average molecular weight is 282 g/mol. The molecule has 1 fully saturated rings. The number of benzene rings is 1. The van der Waals surface area contributed by atoms with E-state index in [1.54, 1.807) is 6.33 Å². The topological polar surface area (TPSA) is 61.0 Å². The van der Waals surface area contributed by atoms with Crippen LogP contribution in [0.5, 0.6) is 0 Å². The van der Waals surface area contributed by atoms with Crippen LogP contribution in [0, 0.1) is 18.3 Å². The van der Waals surface area contributed by atoms with Gasteiger partial charge in [0.2, 0.25) is 5.95 Å². The van der Waals surface area contributed by atoms with Crippen LogP contribution in [-0.2, 0) is 7.05 Å². The standard InChI is InChI=1S/C15H18N6/c1-12-4-3-5-13(10-16)14(12)20-6-8-21(9-7-20)15-18-17-11-19(15)2/h3-5,11H,6-9H2,1-2H3. The lowest BCUT2D eigenvalue weighted by molar-refractivity contribution is 0.628. The Morgan fingerprint density at radius 2 is 1.86 bits per heavy atom. The number of aryl methyl sites for hydroxylation is 2. The van der Waals surface area contributed by atoms with E-state index in [9.17, 15) is 5.26 Å². The molecule has 0 radical (unpaired) electrons. The first kappa shape index (κ1) is 13.4. The van der Waals surface area contributed by atoms with E-state index in [0.717, 1.165) is 48.9 Å². The quantitative estimate of drug-likeness (QED) is 0.831. The fraction of sp³-hybridized carbons (Fsp3) is 0.400.